The molecular formula is C14H20N2O3S. The summed E-state index contributed by atoms with van der Waals surface area (Å²) in [4.78, 5) is 24.1. The Morgan fingerprint density at radius 3 is 2.15 bits per heavy atom. The normalized spacial score (nSPS) is 12.6. The predicted molar refractivity (Wildman–Crippen MR) is 81.3 cm³/mol. The first-order chi connectivity index (χ1) is 9.24. The minimum atomic E-state index is -1.05. The van der Waals surface area contributed by atoms with E-state index in [2.05, 4.69) is 10.6 Å². The maximum absolute atomic E-state index is 11.8. The predicted octanol–water partition coefficient (Wildman–Crippen LogP) is 3.03. The number of carboxylic acids is 1. The maximum Gasteiger partial charge on any atom is 0.326 e. The first-order valence-corrected chi connectivity index (χ1v) is 7.41. The first kappa shape index (κ1) is 16.4. The summed E-state index contributed by atoms with van der Waals surface area (Å²) in [6.07, 6.45) is 1.97. The molecule has 0 saturated heterocycles. The van der Waals surface area contributed by atoms with E-state index in [1.54, 1.807) is 44.7 Å². The molecule has 0 radical (unpaired) electrons. The average Bonchev–Trinajstić information content (AvgIpc) is 2.35. The molecule has 0 heterocycles. The summed E-state index contributed by atoms with van der Waals surface area (Å²) in [6, 6.07) is 5.85. The smallest absolute Gasteiger partial charge is 0.326 e. The minimum Gasteiger partial charge on any atom is -0.480 e. The number of nitrogens with one attached hydrogen (secondary N) is 2. The molecule has 0 fully saturated rings. The molecule has 0 aliphatic carbocycles. The molecular weight excluding hydrogens is 276 g/mol. The van der Waals surface area contributed by atoms with Crippen LogP contribution in [0.5, 0.6) is 0 Å². The Hall–Kier alpha value is -1.69. The first-order valence-electron chi connectivity index (χ1n) is 6.18. The number of carbonyl (C=O) groups is 2. The largest absolute Gasteiger partial charge is 0.480 e. The van der Waals surface area contributed by atoms with Crippen molar-refractivity contribution in [2.24, 2.45) is 5.41 Å². The number of urea groups is 1. The number of thioether (sulfide) groups is 1. The number of benzene rings is 1. The summed E-state index contributed by atoms with van der Waals surface area (Å²) in [5, 5.41) is 14.3. The molecule has 0 aliphatic heterocycles. The number of carboxylic acid groups (broad SMARTS) is 1. The summed E-state index contributed by atoms with van der Waals surface area (Å²) in [7, 11) is 0. The lowest BCUT2D eigenvalue weighted by Crippen LogP contribution is -2.50. The van der Waals surface area contributed by atoms with Crippen molar-refractivity contribution in [3.63, 3.8) is 0 Å². The van der Waals surface area contributed by atoms with Gasteiger partial charge in [0.2, 0.25) is 0 Å². The Morgan fingerprint density at radius 1 is 1.20 bits per heavy atom. The van der Waals surface area contributed by atoms with Gasteiger partial charge in [0, 0.05) is 10.6 Å². The van der Waals surface area contributed by atoms with Gasteiger partial charge in [-0.15, -0.1) is 11.8 Å². The van der Waals surface area contributed by atoms with E-state index >= 15 is 0 Å². The van der Waals surface area contributed by atoms with Crippen LogP contribution in [0.3, 0.4) is 0 Å². The second kappa shape index (κ2) is 6.65. The Balaban J connectivity index is 2.68. The minimum absolute atomic E-state index is 0.524. The van der Waals surface area contributed by atoms with E-state index in [0.717, 1.165) is 4.90 Å². The molecule has 0 aliphatic rings. The van der Waals surface area contributed by atoms with Gasteiger partial charge in [0.1, 0.15) is 6.04 Å². The van der Waals surface area contributed by atoms with Crippen molar-refractivity contribution >= 4 is 29.4 Å². The van der Waals surface area contributed by atoms with Crippen LogP contribution in [0.4, 0.5) is 10.5 Å². The van der Waals surface area contributed by atoms with E-state index in [1.807, 2.05) is 18.4 Å². The van der Waals surface area contributed by atoms with Gasteiger partial charge >= 0.3 is 12.0 Å². The lowest BCUT2D eigenvalue weighted by atomic mass is 9.87. The third-order valence-corrected chi connectivity index (χ3v) is 3.48. The topological polar surface area (TPSA) is 78.4 Å². The average molecular weight is 296 g/mol. The van der Waals surface area contributed by atoms with Crippen LogP contribution in [0.25, 0.3) is 0 Å². The molecule has 0 bridgehead atoms. The molecule has 1 rings (SSSR count). The highest BCUT2D eigenvalue weighted by Gasteiger charge is 2.32. The zero-order chi connectivity index (χ0) is 15.3. The van der Waals surface area contributed by atoms with E-state index < -0.39 is 23.5 Å². The van der Waals surface area contributed by atoms with Gasteiger partial charge < -0.3 is 15.7 Å². The molecule has 20 heavy (non-hydrogen) atoms. The summed E-state index contributed by atoms with van der Waals surface area (Å²) < 4.78 is 0. The van der Waals surface area contributed by atoms with Crippen molar-refractivity contribution < 1.29 is 14.7 Å². The fourth-order valence-corrected chi connectivity index (χ4v) is 2.03. The van der Waals surface area contributed by atoms with E-state index in [-0.39, 0.29) is 0 Å². The monoisotopic (exact) mass is 296 g/mol. The van der Waals surface area contributed by atoms with Gasteiger partial charge in [-0.3, -0.25) is 0 Å². The Labute approximate surface area is 123 Å². The van der Waals surface area contributed by atoms with Crippen molar-refractivity contribution in [2.45, 2.75) is 31.7 Å². The summed E-state index contributed by atoms with van der Waals surface area (Å²) in [6.45, 7) is 5.29. The van der Waals surface area contributed by atoms with Crippen LogP contribution in [-0.4, -0.2) is 29.4 Å². The fraction of sp³-hybridized carbons (Fsp3) is 0.429. The van der Waals surface area contributed by atoms with Crippen molar-refractivity contribution in [1.29, 1.82) is 0 Å². The van der Waals surface area contributed by atoms with Crippen molar-refractivity contribution in [1.82, 2.24) is 5.32 Å². The third-order valence-electron chi connectivity index (χ3n) is 2.74. The highest BCUT2D eigenvalue weighted by molar-refractivity contribution is 7.98. The Morgan fingerprint density at radius 2 is 1.75 bits per heavy atom. The van der Waals surface area contributed by atoms with Crippen LogP contribution in [-0.2, 0) is 4.79 Å². The number of aliphatic carboxylic acids is 1. The second-order valence-electron chi connectivity index (χ2n) is 5.46. The Kier molecular flexibility index (Phi) is 5.44. The number of rotatable bonds is 4. The summed E-state index contributed by atoms with van der Waals surface area (Å²) in [5.41, 5.74) is 0.0599. The van der Waals surface area contributed by atoms with Crippen LogP contribution >= 0.6 is 11.8 Å². The molecule has 6 heteroatoms. The van der Waals surface area contributed by atoms with Crippen LogP contribution in [0.15, 0.2) is 29.2 Å². The Bertz CT molecular complexity index is 480. The molecule has 1 aromatic carbocycles. The summed E-state index contributed by atoms with van der Waals surface area (Å²) >= 11 is 1.61. The van der Waals surface area contributed by atoms with Gasteiger partial charge in [0.25, 0.3) is 0 Å². The zero-order valence-electron chi connectivity index (χ0n) is 12.1. The van der Waals surface area contributed by atoms with Crippen molar-refractivity contribution in [3.05, 3.63) is 24.3 Å². The number of anilines is 1. The van der Waals surface area contributed by atoms with E-state index in [4.69, 9.17) is 5.11 Å². The molecule has 1 aromatic rings. The van der Waals surface area contributed by atoms with Gasteiger partial charge in [0.15, 0.2) is 0 Å². The van der Waals surface area contributed by atoms with Gasteiger partial charge in [-0.1, -0.05) is 20.8 Å². The maximum atomic E-state index is 11.8. The summed E-state index contributed by atoms with van der Waals surface area (Å²) in [5.74, 6) is -1.05. The highest BCUT2D eigenvalue weighted by Crippen LogP contribution is 2.20. The van der Waals surface area contributed by atoms with Gasteiger partial charge in [-0.05, 0) is 35.9 Å². The lowest BCUT2D eigenvalue weighted by Gasteiger charge is -2.27. The molecule has 3 N–H and O–H groups in total. The zero-order valence-corrected chi connectivity index (χ0v) is 12.9. The molecule has 5 nitrogen and oxygen atoms in total. The SMILES string of the molecule is CSc1ccc(NC(=O)N[C@@H](C(=O)O)C(C)(C)C)cc1. The van der Waals surface area contributed by atoms with Crippen LogP contribution in [0.2, 0.25) is 0 Å². The third kappa shape index (κ3) is 4.77. The van der Waals surface area contributed by atoms with E-state index in [1.165, 1.54) is 0 Å². The van der Waals surface area contributed by atoms with E-state index in [0.29, 0.717) is 5.69 Å². The van der Waals surface area contributed by atoms with E-state index in [9.17, 15) is 9.59 Å². The van der Waals surface area contributed by atoms with Gasteiger partial charge in [-0.25, -0.2) is 9.59 Å². The fourth-order valence-electron chi connectivity index (χ4n) is 1.62. The number of hydrogen-bond acceptors (Lipinski definition) is 3. The molecule has 1 atom stereocenters. The quantitative estimate of drug-likeness (QED) is 0.746. The number of carbonyl (C=O) groups excluding carboxylic acids is 1. The molecule has 0 unspecified atom stereocenters. The van der Waals surface area contributed by atoms with Crippen LogP contribution in [0.1, 0.15) is 20.8 Å². The van der Waals surface area contributed by atoms with Crippen molar-refractivity contribution in [2.75, 3.05) is 11.6 Å². The molecule has 0 aromatic heterocycles. The number of hydrogen-bond donors (Lipinski definition) is 3. The standard InChI is InChI=1S/C14H20N2O3S/c1-14(2,3)11(12(17)18)16-13(19)15-9-5-7-10(20-4)8-6-9/h5-8,11H,1-4H3,(H,17,18)(H2,15,16,19)/t11-/m0/s1. The van der Waals surface area contributed by atoms with Crippen LogP contribution < -0.4 is 10.6 Å². The molecule has 2 amide bonds. The molecule has 110 valence electrons. The van der Waals surface area contributed by atoms with Gasteiger partial charge in [-0.2, -0.15) is 0 Å². The molecule has 0 saturated carbocycles. The van der Waals surface area contributed by atoms with Crippen LogP contribution in [0, 0.1) is 5.41 Å². The number of amides is 2. The lowest BCUT2D eigenvalue weighted by molar-refractivity contribution is -0.141. The van der Waals surface area contributed by atoms with Gasteiger partial charge in [0.05, 0.1) is 0 Å². The second-order valence-corrected chi connectivity index (χ2v) is 6.34. The van der Waals surface area contributed by atoms with Crippen molar-refractivity contribution in [3.8, 4) is 0 Å². The highest BCUT2D eigenvalue weighted by atomic mass is 32.2. The molecule has 0 spiro atoms.